The first-order valence-corrected chi connectivity index (χ1v) is 4.85. The number of thiophene rings is 1. The maximum absolute atomic E-state index is 13.0. The first-order chi connectivity index (χ1) is 6.22. The zero-order valence-corrected chi connectivity index (χ0v) is 8.12. The van der Waals surface area contributed by atoms with Crippen molar-refractivity contribution in [3.8, 4) is 6.07 Å². The number of rotatable bonds is 0. The van der Waals surface area contributed by atoms with Crippen molar-refractivity contribution in [2.75, 3.05) is 0 Å². The monoisotopic (exact) mass is 209 g/mol. The Morgan fingerprint density at radius 3 is 2.92 bits per heavy atom. The molecule has 0 radical (unpaired) electrons. The molecule has 0 saturated heterocycles. The maximum Gasteiger partial charge on any atom is 0.137 e. The summed E-state index contributed by atoms with van der Waals surface area (Å²) in [6.07, 6.45) is 0. The van der Waals surface area contributed by atoms with Gasteiger partial charge in [0.25, 0.3) is 0 Å². The van der Waals surface area contributed by atoms with Crippen LogP contribution >= 0.6 is 24.0 Å². The van der Waals surface area contributed by atoms with Crippen LogP contribution in [-0.2, 0) is 0 Å². The first-order valence-electron chi connectivity index (χ1n) is 3.52. The van der Waals surface area contributed by atoms with Gasteiger partial charge in [-0.05, 0) is 12.1 Å². The Bertz CT molecular complexity index is 510. The second-order valence-electron chi connectivity index (χ2n) is 2.56. The summed E-state index contributed by atoms with van der Waals surface area (Å²) in [7, 11) is 0. The van der Waals surface area contributed by atoms with Crippen LogP contribution in [0, 0.1) is 17.1 Å². The molecule has 1 aromatic carbocycles. The SMILES string of the molecule is N#Cc1csc2cc(F)c(S)cc12. The molecule has 0 saturated carbocycles. The molecule has 1 nitrogen and oxygen atoms in total. The molecule has 0 atom stereocenters. The van der Waals surface area contributed by atoms with E-state index in [0.29, 0.717) is 5.56 Å². The highest BCUT2D eigenvalue weighted by Gasteiger charge is 2.06. The molecule has 0 fully saturated rings. The van der Waals surface area contributed by atoms with Crippen molar-refractivity contribution in [2.45, 2.75) is 4.90 Å². The third-order valence-electron chi connectivity index (χ3n) is 1.76. The molecule has 13 heavy (non-hydrogen) atoms. The van der Waals surface area contributed by atoms with Gasteiger partial charge in [0.15, 0.2) is 0 Å². The van der Waals surface area contributed by atoms with Gasteiger partial charge in [0.1, 0.15) is 11.9 Å². The summed E-state index contributed by atoms with van der Waals surface area (Å²) in [4.78, 5) is 0.280. The highest BCUT2D eigenvalue weighted by Crippen LogP contribution is 2.29. The number of halogens is 1. The Morgan fingerprint density at radius 2 is 2.23 bits per heavy atom. The van der Waals surface area contributed by atoms with E-state index in [2.05, 4.69) is 18.7 Å². The summed E-state index contributed by atoms with van der Waals surface area (Å²) >= 11 is 5.32. The smallest absolute Gasteiger partial charge is 0.137 e. The largest absolute Gasteiger partial charge is 0.206 e. The van der Waals surface area contributed by atoms with Crippen LogP contribution < -0.4 is 0 Å². The molecule has 2 rings (SSSR count). The number of hydrogen-bond donors (Lipinski definition) is 1. The van der Waals surface area contributed by atoms with Gasteiger partial charge in [0.05, 0.1) is 5.56 Å². The second kappa shape index (κ2) is 3.02. The molecule has 0 spiro atoms. The summed E-state index contributed by atoms with van der Waals surface area (Å²) < 4.78 is 13.8. The van der Waals surface area contributed by atoms with Gasteiger partial charge in [-0.15, -0.1) is 24.0 Å². The Morgan fingerprint density at radius 1 is 1.46 bits per heavy atom. The normalized spacial score (nSPS) is 10.2. The van der Waals surface area contributed by atoms with Gasteiger partial charge < -0.3 is 0 Å². The number of thiol groups is 1. The molecule has 0 aliphatic heterocycles. The van der Waals surface area contributed by atoms with E-state index in [1.807, 2.05) is 0 Å². The number of nitriles is 1. The minimum Gasteiger partial charge on any atom is -0.206 e. The fraction of sp³-hybridized carbons (Fsp3) is 0. The van der Waals surface area contributed by atoms with Crippen LogP contribution in [0.15, 0.2) is 22.4 Å². The predicted octanol–water partition coefficient (Wildman–Crippen LogP) is 3.20. The van der Waals surface area contributed by atoms with Gasteiger partial charge in [-0.3, -0.25) is 0 Å². The maximum atomic E-state index is 13.0. The molecular weight excluding hydrogens is 205 g/mol. The third-order valence-corrected chi connectivity index (χ3v) is 3.05. The van der Waals surface area contributed by atoms with E-state index in [9.17, 15) is 4.39 Å². The lowest BCUT2D eigenvalue weighted by atomic mass is 10.2. The van der Waals surface area contributed by atoms with Crippen LogP contribution in [0.5, 0.6) is 0 Å². The average molecular weight is 209 g/mol. The van der Waals surface area contributed by atoms with E-state index >= 15 is 0 Å². The number of hydrogen-bond acceptors (Lipinski definition) is 3. The zero-order valence-electron chi connectivity index (χ0n) is 6.41. The van der Waals surface area contributed by atoms with E-state index in [1.54, 1.807) is 11.4 Å². The summed E-state index contributed by atoms with van der Waals surface area (Å²) in [5.74, 6) is -0.345. The molecule has 0 aliphatic carbocycles. The van der Waals surface area contributed by atoms with E-state index in [-0.39, 0.29) is 10.7 Å². The predicted molar refractivity (Wildman–Crippen MR) is 53.8 cm³/mol. The summed E-state index contributed by atoms with van der Waals surface area (Å²) in [6.45, 7) is 0. The van der Waals surface area contributed by atoms with Crippen LogP contribution in [0.1, 0.15) is 5.56 Å². The molecule has 0 bridgehead atoms. The number of fused-ring (bicyclic) bond motifs is 1. The van der Waals surface area contributed by atoms with Gasteiger partial charge in [0, 0.05) is 20.4 Å². The van der Waals surface area contributed by atoms with Gasteiger partial charge >= 0.3 is 0 Å². The summed E-state index contributed by atoms with van der Waals surface area (Å²) in [5, 5.41) is 11.2. The molecule has 64 valence electrons. The van der Waals surface area contributed by atoms with Gasteiger partial charge in [-0.2, -0.15) is 5.26 Å². The topological polar surface area (TPSA) is 23.8 Å². The van der Waals surface area contributed by atoms with Crippen molar-refractivity contribution in [1.82, 2.24) is 0 Å². The minimum absolute atomic E-state index is 0.280. The van der Waals surface area contributed by atoms with E-state index in [4.69, 9.17) is 5.26 Å². The van der Waals surface area contributed by atoms with Gasteiger partial charge in [-0.1, -0.05) is 0 Å². The lowest BCUT2D eigenvalue weighted by molar-refractivity contribution is 0.605. The molecule has 2 aromatic rings. The molecule has 0 unspecified atom stereocenters. The van der Waals surface area contributed by atoms with Gasteiger partial charge in [-0.25, -0.2) is 4.39 Å². The van der Waals surface area contributed by atoms with Crippen LogP contribution in [0.2, 0.25) is 0 Å². The van der Waals surface area contributed by atoms with E-state index < -0.39 is 0 Å². The second-order valence-corrected chi connectivity index (χ2v) is 3.95. The van der Waals surface area contributed by atoms with Crippen LogP contribution in [-0.4, -0.2) is 0 Å². The summed E-state index contributed by atoms with van der Waals surface area (Å²) in [5.41, 5.74) is 0.579. The Balaban J connectivity index is 2.86. The van der Waals surface area contributed by atoms with Gasteiger partial charge in [0.2, 0.25) is 0 Å². The standard InChI is InChI=1S/C9H4FNS2/c10-7-2-9-6(1-8(7)12)5(3-11)4-13-9/h1-2,4,12H. The molecule has 1 heterocycles. The lowest BCUT2D eigenvalue weighted by Gasteiger charge is -1.95. The van der Waals surface area contributed by atoms with Crippen LogP contribution in [0.25, 0.3) is 10.1 Å². The Labute approximate surface area is 83.8 Å². The Hall–Kier alpha value is -1.05. The van der Waals surface area contributed by atoms with Crippen LogP contribution in [0.4, 0.5) is 4.39 Å². The fourth-order valence-corrected chi connectivity index (χ4v) is 2.21. The zero-order chi connectivity index (χ0) is 9.42. The average Bonchev–Trinajstić information content (AvgIpc) is 2.48. The number of nitrogens with zero attached hydrogens (tertiary/aromatic N) is 1. The highest BCUT2D eigenvalue weighted by molar-refractivity contribution is 7.80. The van der Waals surface area contributed by atoms with Crippen molar-refractivity contribution in [3.63, 3.8) is 0 Å². The first kappa shape index (κ1) is 8.54. The third kappa shape index (κ3) is 1.30. The van der Waals surface area contributed by atoms with Crippen molar-refractivity contribution in [1.29, 1.82) is 5.26 Å². The molecule has 0 N–H and O–H groups in total. The fourth-order valence-electron chi connectivity index (χ4n) is 1.12. The Kier molecular flexibility index (Phi) is 1.98. The van der Waals surface area contributed by atoms with E-state index in [1.165, 1.54) is 17.4 Å². The van der Waals surface area contributed by atoms with Crippen molar-refractivity contribution in [3.05, 3.63) is 28.9 Å². The lowest BCUT2D eigenvalue weighted by Crippen LogP contribution is -1.77. The molecule has 4 heteroatoms. The van der Waals surface area contributed by atoms with E-state index in [0.717, 1.165) is 10.1 Å². The highest BCUT2D eigenvalue weighted by atomic mass is 32.1. The molecule has 0 aliphatic rings. The minimum atomic E-state index is -0.345. The van der Waals surface area contributed by atoms with Crippen molar-refractivity contribution in [2.24, 2.45) is 0 Å². The molecule has 0 amide bonds. The molecular formula is C9H4FNS2. The number of benzene rings is 1. The molecule has 1 aromatic heterocycles. The quantitative estimate of drug-likeness (QED) is 0.662. The summed E-state index contributed by atoms with van der Waals surface area (Å²) in [6, 6.07) is 5.04. The van der Waals surface area contributed by atoms with Crippen molar-refractivity contribution >= 4 is 34.1 Å². The van der Waals surface area contributed by atoms with Crippen LogP contribution in [0.3, 0.4) is 0 Å². The van der Waals surface area contributed by atoms with Crippen molar-refractivity contribution < 1.29 is 4.39 Å².